The molecule has 0 radical (unpaired) electrons. The van der Waals surface area contributed by atoms with Crippen LogP contribution in [0, 0.1) is 0 Å². The zero-order valence-corrected chi connectivity index (χ0v) is 14.1. The van der Waals surface area contributed by atoms with Crippen LogP contribution in [0.3, 0.4) is 0 Å². The largest absolute Gasteiger partial charge is 0.452 e. The minimum absolute atomic E-state index is 0.147. The first kappa shape index (κ1) is 18.3. The van der Waals surface area contributed by atoms with Crippen molar-refractivity contribution >= 4 is 41.1 Å². The number of esters is 1. The van der Waals surface area contributed by atoms with Crippen LogP contribution in [0.5, 0.6) is 0 Å². The van der Waals surface area contributed by atoms with Gasteiger partial charge in [0.1, 0.15) is 0 Å². The van der Waals surface area contributed by atoms with Crippen LogP contribution in [0.4, 0.5) is 0 Å². The molecule has 0 aliphatic heterocycles. The number of rotatable bonds is 6. The van der Waals surface area contributed by atoms with E-state index < -0.39 is 18.5 Å². The fourth-order valence-electron chi connectivity index (χ4n) is 1.38. The van der Waals surface area contributed by atoms with Gasteiger partial charge in [-0.05, 0) is 24.5 Å². The molecule has 0 saturated carbocycles. The summed E-state index contributed by atoms with van der Waals surface area (Å²) in [5.74, 6) is -1.49. The molecule has 0 aliphatic rings. The van der Waals surface area contributed by atoms with Crippen molar-refractivity contribution in [3.8, 4) is 0 Å². The van der Waals surface area contributed by atoms with Gasteiger partial charge in [-0.15, -0.1) is 11.8 Å². The van der Waals surface area contributed by atoms with Gasteiger partial charge in [-0.3, -0.25) is 9.59 Å². The van der Waals surface area contributed by atoms with E-state index in [0.717, 1.165) is 4.90 Å². The van der Waals surface area contributed by atoms with Crippen LogP contribution < -0.4 is 5.32 Å². The Hall–Kier alpha value is -1.73. The van der Waals surface area contributed by atoms with Crippen molar-refractivity contribution in [1.29, 1.82) is 0 Å². The number of amides is 2. The predicted molar refractivity (Wildman–Crippen MR) is 85.2 cm³/mol. The lowest BCUT2D eigenvalue weighted by molar-refractivity contribution is -0.131. The summed E-state index contributed by atoms with van der Waals surface area (Å²) in [6.07, 6.45) is 1.87. The molecule has 0 saturated heterocycles. The first-order chi connectivity index (χ1) is 10.3. The zero-order chi connectivity index (χ0) is 16.7. The minimum Gasteiger partial charge on any atom is -0.452 e. The lowest BCUT2D eigenvalue weighted by atomic mass is 10.2. The maximum Gasteiger partial charge on any atom is 0.340 e. The van der Waals surface area contributed by atoms with Gasteiger partial charge in [-0.1, -0.05) is 11.6 Å². The van der Waals surface area contributed by atoms with Gasteiger partial charge in [0.15, 0.2) is 6.61 Å². The van der Waals surface area contributed by atoms with Crippen molar-refractivity contribution in [2.24, 2.45) is 0 Å². The maximum atomic E-state index is 11.9. The summed E-state index contributed by atoms with van der Waals surface area (Å²) in [6, 6.07) is 4.98. The summed E-state index contributed by atoms with van der Waals surface area (Å²) in [5, 5.41) is 2.62. The fourth-order valence-corrected chi connectivity index (χ4v) is 2.01. The van der Waals surface area contributed by atoms with E-state index in [1.807, 2.05) is 6.26 Å². The molecule has 2 amide bonds. The van der Waals surface area contributed by atoms with Gasteiger partial charge in [-0.2, -0.15) is 0 Å². The van der Waals surface area contributed by atoms with Crippen molar-refractivity contribution < 1.29 is 19.1 Å². The van der Waals surface area contributed by atoms with Gasteiger partial charge >= 0.3 is 5.97 Å². The fraction of sp³-hybridized carbons (Fsp3) is 0.357. The molecule has 0 unspecified atom stereocenters. The number of hydrogen-bond donors (Lipinski definition) is 1. The molecular formula is C14H17ClN2O4S. The van der Waals surface area contributed by atoms with E-state index in [-0.39, 0.29) is 23.0 Å². The van der Waals surface area contributed by atoms with Gasteiger partial charge in [0, 0.05) is 19.0 Å². The summed E-state index contributed by atoms with van der Waals surface area (Å²) in [5.41, 5.74) is 0.200. The van der Waals surface area contributed by atoms with E-state index in [1.54, 1.807) is 32.3 Å². The first-order valence-electron chi connectivity index (χ1n) is 6.32. The van der Waals surface area contributed by atoms with Gasteiger partial charge in [-0.25, -0.2) is 4.79 Å². The van der Waals surface area contributed by atoms with Crippen LogP contribution in [-0.4, -0.2) is 56.2 Å². The van der Waals surface area contributed by atoms with Crippen LogP contribution in [0.15, 0.2) is 23.1 Å². The van der Waals surface area contributed by atoms with E-state index in [9.17, 15) is 14.4 Å². The molecule has 0 aromatic heterocycles. The van der Waals surface area contributed by atoms with Crippen molar-refractivity contribution in [3.63, 3.8) is 0 Å². The Kier molecular flexibility index (Phi) is 7.20. The lowest BCUT2D eigenvalue weighted by Crippen LogP contribution is -2.38. The number of thioether (sulfide) groups is 1. The van der Waals surface area contributed by atoms with Crippen LogP contribution in [-0.2, 0) is 14.3 Å². The summed E-state index contributed by atoms with van der Waals surface area (Å²) >= 11 is 7.40. The Labute approximate surface area is 138 Å². The second-order valence-corrected chi connectivity index (χ2v) is 5.77. The van der Waals surface area contributed by atoms with Gasteiger partial charge < -0.3 is 15.0 Å². The lowest BCUT2D eigenvalue weighted by Gasteiger charge is -2.11. The number of nitrogens with one attached hydrogen (secondary N) is 1. The molecule has 6 nitrogen and oxygen atoms in total. The highest BCUT2D eigenvalue weighted by atomic mass is 35.5. The monoisotopic (exact) mass is 344 g/mol. The van der Waals surface area contributed by atoms with E-state index in [0.29, 0.717) is 0 Å². The number of likely N-dealkylation sites (N-methyl/N-ethyl adjacent to an activating group) is 1. The minimum atomic E-state index is -0.685. The summed E-state index contributed by atoms with van der Waals surface area (Å²) in [7, 11) is 3.16. The molecule has 1 N–H and O–H groups in total. The Bertz CT molecular complexity index is 578. The van der Waals surface area contributed by atoms with E-state index in [4.69, 9.17) is 16.3 Å². The molecule has 22 heavy (non-hydrogen) atoms. The Morgan fingerprint density at radius 1 is 1.32 bits per heavy atom. The van der Waals surface area contributed by atoms with Gasteiger partial charge in [0.05, 0.1) is 17.1 Å². The predicted octanol–water partition coefficient (Wildman–Crippen LogP) is 1.42. The van der Waals surface area contributed by atoms with Crippen LogP contribution in [0.2, 0.25) is 5.02 Å². The van der Waals surface area contributed by atoms with Crippen LogP contribution in [0.1, 0.15) is 10.4 Å². The van der Waals surface area contributed by atoms with E-state index in [1.165, 1.54) is 16.7 Å². The van der Waals surface area contributed by atoms with Crippen LogP contribution in [0.25, 0.3) is 0 Å². The Morgan fingerprint density at radius 3 is 2.59 bits per heavy atom. The van der Waals surface area contributed by atoms with E-state index in [2.05, 4.69) is 5.32 Å². The summed E-state index contributed by atoms with van der Waals surface area (Å²) in [6.45, 7) is -0.620. The molecular weight excluding hydrogens is 328 g/mol. The number of hydrogen-bond acceptors (Lipinski definition) is 5. The zero-order valence-electron chi connectivity index (χ0n) is 12.5. The Morgan fingerprint density at radius 2 is 2.00 bits per heavy atom. The van der Waals surface area contributed by atoms with E-state index >= 15 is 0 Å². The van der Waals surface area contributed by atoms with Crippen molar-refractivity contribution in [2.75, 3.05) is 33.5 Å². The second-order valence-electron chi connectivity index (χ2n) is 4.49. The number of carbonyl (C=O) groups is 3. The second kappa shape index (κ2) is 8.65. The van der Waals surface area contributed by atoms with Crippen molar-refractivity contribution in [1.82, 2.24) is 10.2 Å². The number of halogens is 1. The Balaban J connectivity index is 2.52. The topological polar surface area (TPSA) is 75.7 Å². The third-order valence-electron chi connectivity index (χ3n) is 2.66. The summed E-state index contributed by atoms with van der Waals surface area (Å²) in [4.78, 5) is 36.9. The highest BCUT2D eigenvalue weighted by molar-refractivity contribution is 7.98. The molecule has 1 aromatic carbocycles. The number of carbonyl (C=O) groups excluding carboxylic acids is 3. The number of ether oxygens (including phenoxy) is 1. The third kappa shape index (κ3) is 5.57. The molecule has 120 valence electrons. The molecule has 1 aromatic rings. The quantitative estimate of drug-likeness (QED) is 0.624. The molecule has 0 spiro atoms. The van der Waals surface area contributed by atoms with Crippen molar-refractivity contribution in [3.05, 3.63) is 28.8 Å². The smallest absolute Gasteiger partial charge is 0.340 e. The first-order valence-corrected chi connectivity index (χ1v) is 7.93. The third-order valence-corrected chi connectivity index (χ3v) is 3.72. The van der Waals surface area contributed by atoms with Crippen LogP contribution >= 0.6 is 23.4 Å². The standard InChI is InChI=1S/C14H17ClN2O4S/c1-17(2)13(19)7-16-12(18)8-21-14(20)10-6-9(22-3)4-5-11(10)15/h4-6H,7-8H2,1-3H3,(H,16,18). The molecule has 0 heterocycles. The molecule has 0 atom stereocenters. The molecule has 1 rings (SSSR count). The SMILES string of the molecule is CSc1ccc(Cl)c(C(=O)OCC(=O)NCC(=O)N(C)C)c1. The molecule has 8 heteroatoms. The van der Waals surface area contributed by atoms with Gasteiger partial charge in [0.2, 0.25) is 5.91 Å². The normalized spacial score (nSPS) is 10.0. The number of benzene rings is 1. The molecule has 0 fully saturated rings. The molecule has 0 bridgehead atoms. The average Bonchev–Trinajstić information content (AvgIpc) is 2.50. The van der Waals surface area contributed by atoms with Gasteiger partial charge in [0.25, 0.3) is 5.91 Å². The van der Waals surface area contributed by atoms with Crippen molar-refractivity contribution in [2.45, 2.75) is 4.90 Å². The average molecular weight is 345 g/mol. The highest BCUT2D eigenvalue weighted by Crippen LogP contribution is 2.23. The molecule has 0 aliphatic carbocycles. The number of nitrogens with zero attached hydrogens (tertiary/aromatic N) is 1. The summed E-state index contributed by atoms with van der Waals surface area (Å²) < 4.78 is 4.89. The highest BCUT2D eigenvalue weighted by Gasteiger charge is 2.15. The maximum absolute atomic E-state index is 11.9.